The van der Waals surface area contributed by atoms with E-state index >= 15 is 0 Å². The smallest absolute Gasteiger partial charge is 0.337 e. The highest BCUT2D eigenvalue weighted by Crippen LogP contribution is 2.17. The van der Waals surface area contributed by atoms with Crippen LogP contribution in [0.1, 0.15) is 21.6 Å². The second-order valence-corrected chi connectivity index (χ2v) is 4.90. The van der Waals surface area contributed by atoms with Gasteiger partial charge >= 0.3 is 11.7 Å². The normalized spacial score (nSPS) is 11.1. The summed E-state index contributed by atoms with van der Waals surface area (Å²) in [5.41, 5.74) is 2.56. The van der Waals surface area contributed by atoms with Crippen molar-refractivity contribution in [3.8, 4) is 0 Å². The first kappa shape index (κ1) is 13.2. The summed E-state index contributed by atoms with van der Waals surface area (Å²) in [6.07, 6.45) is 1.71. The molecule has 21 heavy (non-hydrogen) atoms. The fourth-order valence-corrected chi connectivity index (χ4v) is 2.39. The van der Waals surface area contributed by atoms with Crippen LogP contribution in [0, 0.1) is 6.92 Å². The Labute approximate surface area is 119 Å². The highest BCUT2D eigenvalue weighted by molar-refractivity contribution is 6.00. The average molecular weight is 286 g/mol. The van der Waals surface area contributed by atoms with Crippen molar-refractivity contribution in [1.82, 2.24) is 19.3 Å². The van der Waals surface area contributed by atoms with E-state index in [9.17, 15) is 14.7 Å². The van der Waals surface area contributed by atoms with E-state index in [1.807, 2.05) is 14.0 Å². The molecule has 3 aromatic rings. The van der Waals surface area contributed by atoms with Crippen molar-refractivity contribution in [2.75, 3.05) is 0 Å². The second kappa shape index (κ2) is 4.62. The molecule has 2 heterocycles. The van der Waals surface area contributed by atoms with Crippen molar-refractivity contribution < 1.29 is 9.90 Å². The molecule has 0 aliphatic rings. The number of hydrogen-bond acceptors (Lipinski definition) is 3. The number of hydrogen-bond donors (Lipinski definition) is 2. The molecule has 0 amide bonds. The highest BCUT2D eigenvalue weighted by atomic mass is 16.4. The maximum Gasteiger partial charge on any atom is 0.337 e. The van der Waals surface area contributed by atoms with E-state index in [1.54, 1.807) is 23.0 Å². The standard InChI is InChI=1S/C14H14N4O3/c1-8-9(6-15-17(8)2)7-18-11-5-3-4-10(13(19)20)12(11)16-14(18)21/h3-6H,7H2,1-2H3,(H,16,21)(H,19,20). The molecule has 2 aromatic heterocycles. The molecule has 7 nitrogen and oxygen atoms in total. The zero-order valence-corrected chi connectivity index (χ0v) is 11.6. The minimum Gasteiger partial charge on any atom is -0.478 e. The molecular formula is C14H14N4O3. The number of aryl methyl sites for hydroxylation is 1. The Bertz CT molecular complexity index is 901. The second-order valence-electron chi connectivity index (χ2n) is 4.90. The van der Waals surface area contributed by atoms with Crippen molar-refractivity contribution in [2.45, 2.75) is 13.5 Å². The predicted octanol–water partition coefficient (Wildman–Crippen LogP) is 1.12. The minimum absolute atomic E-state index is 0.0891. The SMILES string of the molecule is Cc1c(Cn2c(=O)[nH]c3c(C(=O)O)cccc32)cnn1C. The summed E-state index contributed by atoms with van der Waals surface area (Å²) < 4.78 is 3.25. The number of rotatable bonds is 3. The number of imidazole rings is 1. The Morgan fingerprint density at radius 2 is 2.19 bits per heavy atom. The first-order valence-electron chi connectivity index (χ1n) is 6.41. The maximum absolute atomic E-state index is 12.1. The molecule has 0 saturated heterocycles. The van der Waals surface area contributed by atoms with E-state index < -0.39 is 5.97 Å². The molecule has 0 fully saturated rings. The third-order valence-corrected chi connectivity index (χ3v) is 3.71. The summed E-state index contributed by atoms with van der Waals surface area (Å²) >= 11 is 0. The number of para-hydroxylation sites is 1. The van der Waals surface area contributed by atoms with Crippen LogP contribution >= 0.6 is 0 Å². The largest absolute Gasteiger partial charge is 0.478 e. The Kier molecular flexibility index (Phi) is 2.90. The van der Waals surface area contributed by atoms with Gasteiger partial charge in [-0.3, -0.25) is 9.25 Å². The molecule has 0 aliphatic heterocycles. The molecule has 0 bridgehead atoms. The average Bonchev–Trinajstić information content (AvgIpc) is 2.93. The topological polar surface area (TPSA) is 92.9 Å². The van der Waals surface area contributed by atoms with Crippen LogP contribution in [0.5, 0.6) is 0 Å². The van der Waals surface area contributed by atoms with Crippen molar-refractivity contribution in [1.29, 1.82) is 0 Å². The van der Waals surface area contributed by atoms with Crippen molar-refractivity contribution in [3.63, 3.8) is 0 Å². The molecule has 0 aliphatic carbocycles. The Balaban J connectivity index is 2.17. The quantitative estimate of drug-likeness (QED) is 0.754. The van der Waals surface area contributed by atoms with Gasteiger partial charge in [0.2, 0.25) is 0 Å². The van der Waals surface area contributed by atoms with Crippen molar-refractivity contribution in [3.05, 3.63) is 51.7 Å². The highest BCUT2D eigenvalue weighted by Gasteiger charge is 2.15. The number of carbonyl (C=O) groups is 1. The van der Waals surface area contributed by atoms with Gasteiger partial charge in [0.1, 0.15) is 0 Å². The summed E-state index contributed by atoms with van der Waals surface area (Å²) in [4.78, 5) is 26.0. The molecule has 7 heteroatoms. The number of carboxylic acids is 1. The summed E-state index contributed by atoms with van der Waals surface area (Å²) in [5.74, 6) is -1.06. The van der Waals surface area contributed by atoms with Crippen molar-refractivity contribution >= 4 is 17.0 Å². The number of H-pyrrole nitrogens is 1. The van der Waals surface area contributed by atoms with Crippen LogP contribution in [-0.2, 0) is 13.6 Å². The van der Waals surface area contributed by atoms with Crippen LogP contribution in [0.4, 0.5) is 0 Å². The lowest BCUT2D eigenvalue weighted by Crippen LogP contribution is -2.17. The number of aromatic carboxylic acids is 1. The van der Waals surface area contributed by atoms with Crippen LogP contribution in [-0.4, -0.2) is 30.4 Å². The maximum atomic E-state index is 12.1. The summed E-state index contributed by atoms with van der Waals surface area (Å²) in [6, 6.07) is 4.83. The van der Waals surface area contributed by atoms with Gasteiger partial charge in [0.15, 0.2) is 0 Å². The van der Waals surface area contributed by atoms with Crippen LogP contribution in [0.2, 0.25) is 0 Å². The molecule has 0 radical (unpaired) electrons. The minimum atomic E-state index is -1.06. The van der Waals surface area contributed by atoms with E-state index in [4.69, 9.17) is 0 Å². The first-order valence-corrected chi connectivity index (χ1v) is 6.41. The Morgan fingerprint density at radius 3 is 2.81 bits per heavy atom. The van der Waals surface area contributed by atoms with Gasteiger partial charge in [-0.15, -0.1) is 0 Å². The summed E-state index contributed by atoms with van der Waals surface area (Å²) in [6.45, 7) is 2.27. The zero-order valence-electron chi connectivity index (χ0n) is 11.6. The monoisotopic (exact) mass is 286 g/mol. The number of aromatic amines is 1. The molecule has 1 aromatic carbocycles. The van der Waals surface area contributed by atoms with Gasteiger partial charge in [-0.2, -0.15) is 5.10 Å². The molecule has 0 saturated carbocycles. The van der Waals surface area contributed by atoms with Gasteiger partial charge in [0.05, 0.1) is 29.3 Å². The van der Waals surface area contributed by atoms with Gasteiger partial charge in [-0.25, -0.2) is 9.59 Å². The lowest BCUT2D eigenvalue weighted by Gasteiger charge is -2.04. The molecule has 0 unspecified atom stereocenters. The van der Waals surface area contributed by atoms with E-state index in [0.29, 0.717) is 17.6 Å². The van der Waals surface area contributed by atoms with Gasteiger partial charge in [-0.1, -0.05) is 6.07 Å². The van der Waals surface area contributed by atoms with Gasteiger partial charge in [-0.05, 0) is 19.1 Å². The fourth-order valence-electron chi connectivity index (χ4n) is 2.39. The third-order valence-electron chi connectivity index (χ3n) is 3.71. The molecule has 0 atom stereocenters. The third kappa shape index (κ3) is 2.03. The lowest BCUT2D eigenvalue weighted by atomic mass is 10.2. The van der Waals surface area contributed by atoms with E-state index in [1.165, 1.54) is 10.6 Å². The van der Waals surface area contributed by atoms with Crippen LogP contribution < -0.4 is 5.69 Å². The summed E-state index contributed by atoms with van der Waals surface area (Å²) in [5, 5.41) is 13.3. The predicted molar refractivity (Wildman–Crippen MR) is 76.6 cm³/mol. The zero-order chi connectivity index (χ0) is 15.1. The molecule has 2 N–H and O–H groups in total. The number of aromatic nitrogens is 4. The first-order chi connectivity index (χ1) is 9.99. The summed E-state index contributed by atoms with van der Waals surface area (Å²) in [7, 11) is 1.83. The van der Waals surface area contributed by atoms with Gasteiger partial charge < -0.3 is 10.1 Å². The van der Waals surface area contributed by atoms with Crippen LogP contribution in [0.3, 0.4) is 0 Å². The number of carboxylic acid groups (broad SMARTS) is 1. The molecule has 3 rings (SSSR count). The lowest BCUT2D eigenvalue weighted by molar-refractivity contribution is 0.0699. The fraction of sp³-hybridized carbons (Fsp3) is 0.214. The number of nitrogens with one attached hydrogen (secondary N) is 1. The van der Waals surface area contributed by atoms with Gasteiger partial charge in [0, 0.05) is 18.3 Å². The van der Waals surface area contributed by atoms with Crippen LogP contribution in [0.25, 0.3) is 11.0 Å². The molecule has 0 spiro atoms. The number of nitrogens with zero attached hydrogens (tertiary/aromatic N) is 3. The van der Waals surface area contributed by atoms with Crippen molar-refractivity contribution in [2.24, 2.45) is 7.05 Å². The van der Waals surface area contributed by atoms with E-state index in [2.05, 4.69) is 10.1 Å². The van der Waals surface area contributed by atoms with Gasteiger partial charge in [0.25, 0.3) is 0 Å². The number of fused-ring (bicyclic) bond motifs is 1. The van der Waals surface area contributed by atoms with E-state index in [-0.39, 0.29) is 11.3 Å². The number of benzene rings is 1. The molecular weight excluding hydrogens is 272 g/mol. The Morgan fingerprint density at radius 1 is 1.43 bits per heavy atom. The van der Waals surface area contributed by atoms with E-state index in [0.717, 1.165) is 11.3 Å². The Hall–Kier alpha value is -2.83. The molecule has 108 valence electrons. The van der Waals surface area contributed by atoms with Crippen LogP contribution in [0.15, 0.2) is 29.2 Å².